The molecule has 1 N–H and O–H groups in total. The van der Waals surface area contributed by atoms with E-state index in [0.717, 1.165) is 5.69 Å². The van der Waals surface area contributed by atoms with E-state index >= 15 is 0 Å². The zero-order valence-electron chi connectivity index (χ0n) is 8.93. The molecule has 1 aromatic carbocycles. The fraction of sp³-hybridized carbons (Fsp3) is 0.250. The Balaban J connectivity index is 2.10. The van der Waals surface area contributed by atoms with Crippen LogP contribution in [-0.4, -0.2) is 17.3 Å². The van der Waals surface area contributed by atoms with E-state index in [0.29, 0.717) is 6.61 Å². The number of amides is 1. The van der Waals surface area contributed by atoms with Gasteiger partial charge in [0.15, 0.2) is 0 Å². The Kier molecular flexibility index (Phi) is 1.89. The monoisotopic (exact) mass is 216 g/mol. The minimum absolute atomic E-state index is 0.0371. The van der Waals surface area contributed by atoms with Crippen LogP contribution in [0.4, 0.5) is 4.79 Å². The second-order valence-corrected chi connectivity index (χ2v) is 3.98. The first-order valence-electron chi connectivity index (χ1n) is 5.23. The number of cyclic esters (lactones) is 1. The van der Waals surface area contributed by atoms with E-state index < -0.39 is 0 Å². The number of hydrogen-bond acceptors (Lipinski definition) is 2. The molecule has 0 radical (unpaired) electrons. The lowest BCUT2D eigenvalue weighted by Gasteiger charge is -2.08. The van der Waals surface area contributed by atoms with E-state index in [4.69, 9.17) is 4.74 Å². The van der Waals surface area contributed by atoms with Crippen molar-refractivity contribution in [1.29, 1.82) is 0 Å². The van der Waals surface area contributed by atoms with Gasteiger partial charge in [-0.2, -0.15) is 0 Å². The normalized spacial score (nSPS) is 19.8. The molecule has 1 aromatic heterocycles. The minimum Gasteiger partial charge on any atom is -0.447 e. The van der Waals surface area contributed by atoms with Gasteiger partial charge in [-0.05, 0) is 17.5 Å². The van der Waals surface area contributed by atoms with Crippen LogP contribution in [0.5, 0.6) is 0 Å². The first kappa shape index (κ1) is 9.27. The summed E-state index contributed by atoms with van der Waals surface area (Å²) in [7, 11) is 2.00. The highest BCUT2D eigenvalue weighted by atomic mass is 16.6. The molecule has 1 fully saturated rings. The summed E-state index contributed by atoms with van der Waals surface area (Å²) in [5.41, 5.74) is 2.24. The Bertz CT molecular complexity index is 559. The Morgan fingerprint density at radius 2 is 2.25 bits per heavy atom. The van der Waals surface area contributed by atoms with Crippen LogP contribution in [0, 0.1) is 0 Å². The number of rotatable bonds is 1. The van der Waals surface area contributed by atoms with Crippen LogP contribution >= 0.6 is 0 Å². The highest BCUT2D eigenvalue weighted by molar-refractivity contribution is 5.81. The summed E-state index contributed by atoms with van der Waals surface area (Å²) in [6, 6.07) is 10.2. The van der Waals surface area contributed by atoms with Gasteiger partial charge in [0.2, 0.25) is 0 Å². The maximum absolute atomic E-state index is 11.0. The van der Waals surface area contributed by atoms with Gasteiger partial charge in [-0.15, -0.1) is 0 Å². The third kappa shape index (κ3) is 1.26. The standard InChI is InChI=1S/C12H12N2O2/c1-14-10-5-3-2-4-8(10)6-11(14)9-7-16-12(15)13-9/h2-6,9H,7H2,1H3,(H,13,15). The fourth-order valence-electron chi connectivity index (χ4n) is 2.19. The van der Waals surface area contributed by atoms with Crippen molar-refractivity contribution in [3.8, 4) is 0 Å². The molecule has 0 aliphatic carbocycles. The number of fused-ring (bicyclic) bond motifs is 1. The second-order valence-electron chi connectivity index (χ2n) is 3.98. The largest absolute Gasteiger partial charge is 0.447 e. The van der Waals surface area contributed by atoms with Crippen molar-refractivity contribution < 1.29 is 9.53 Å². The van der Waals surface area contributed by atoms with Gasteiger partial charge < -0.3 is 14.6 Å². The smallest absolute Gasteiger partial charge is 0.407 e. The summed E-state index contributed by atoms with van der Waals surface area (Å²) in [4.78, 5) is 11.0. The number of aromatic nitrogens is 1. The van der Waals surface area contributed by atoms with E-state index in [9.17, 15) is 4.79 Å². The fourth-order valence-corrected chi connectivity index (χ4v) is 2.19. The van der Waals surface area contributed by atoms with Crippen LogP contribution in [0.25, 0.3) is 10.9 Å². The van der Waals surface area contributed by atoms with Crippen molar-refractivity contribution >= 4 is 17.0 Å². The molecule has 1 atom stereocenters. The summed E-state index contributed by atoms with van der Waals surface area (Å²) in [6.45, 7) is 0.406. The number of ether oxygens (including phenoxy) is 1. The average Bonchev–Trinajstić information content (AvgIpc) is 2.84. The molecule has 1 aliphatic heterocycles. The Labute approximate surface area is 92.8 Å². The molecule has 1 amide bonds. The predicted octanol–water partition coefficient (Wildman–Crippen LogP) is 1.96. The molecule has 1 aliphatic rings. The highest BCUT2D eigenvalue weighted by Crippen LogP contribution is 2.25. The SMILES string of the molecule is Cn1c(C2COC(=O)N2)cc2ccccc21. The van der Waals surface area contributed by atoms with Crippen LogP contribution in [0.3, 0.4) is 0 Å². The molecule has 2 aromatic rings. The van der Waals surface area contributed by atoms with Gasteiger partial charge in [-0.3, -0.25) is 0 Å². The lowest BCUT2D eigenvalue weighted by atomic mass is 10.2. The number of nitrogens with zero attached hydrogens (tertiary/aromatic N) is 1. The van der Waals surface area contributed by atoms with E-state index in [1.165, 1.54) is 10.9 Å². The quantitative estimate of drug-likeness (QED) is 0.791. The summed E-state index contributed by atoms with van der Waals surface area (Å²) in [5.74, 6) is 0. The average molecular weight is 216 g/mol. The Morgan fingerprint density at radius 3 is 2.94 bits per heavy atom. The van der Waals surface area contributed by atoms with Crippen molar-refractivity contribution in [2.45, 2.75) is 6.04 Å². The molecule has 0 spiro atoms. The second kappa shape index (κ2) is 3.27. The number of aryl methyl sites for hydroxylation is 1. The number of carbonyl (C=O) groups is 1. The first-order valence-corrected chi connectivity index (χ1v) is 5.23. The van der Waals surface area contributed by atoms with E-state index in [1.54, 1.807) is 0 Å². The van der Waals surface area contributed by atoms with E-state index in [2.05, 4.69) is 28.1 Å². The van der Waals surface area contributed by atoms with Crippen LogP contribution in [-0.2, 0) is 11.8 Å². The molecule has 3 rings (SSSR count). The summed E-state index contributed by atoms with van der Waals surface area (Å²) < 4.78 is 7.00. The van der Waals surface area contributed by atoms with Crippen LogP contribution < -0.4 is 5.32 Å². The minimum atomic E-state index is -0.338. The molecular weight excluding hydrogens is 204 g/mol. The van der Waals surface area contributed by atoms with Crippen molar-refractivity contribution in [2.75, 3.05) is 6.61 Å². The third-order valence-corrected chi connectivity index (χ3v) is 3.02. The van der Waals surface area contributed by atoms with Gasteiger partial charge in [0.1, 0.15) is 12.6 Å². The van der Waals surface area contributed by atoms with Crippen molar-refractivity contribution in [3.63, 3.8) is 0 Å². The van der Waals surface area contributed by atoms with E-state index in [-0.39, 0.29) is 12.1 Å². The molecule has 82 valence electrons. The van der Waals surface area contributed by atoms with Crippen molar-refractivity contribution in [1.82, 2.24) is 9.88 Å². The molecule has 1 unspecified atom stereocenters. The molecule has 2 heterocycles. The maximum atomic E-state index is 11.0. The first-order chi connectivity index (χ1) is 7.75. The molecular formula is C12H12N2O2. The zero-order chi connectivity index (χ0) is 11.1. The molecule has 0 bridgehead atoms. The molecule has 16 heavy (non-hydrogen) atoms. The van der Waals surface area contributed by atoms with Gasteiger partial charge in [0, 0.05) is 18.3 Å². The molecule has 1 saturated heterocycles. The molecule has 4 heteroatoms. The number of alkyl carbamates (subject to hydrolysis) is 1. The van der Waals surface area contributed by atoms with Crippen LogP contribution in [0.15, 0.2) is 30.3 Å². The number of carbonyl (C=O) groups excluding carboxylic acids is 1. The van der Waals surface area contributed by atoms with Gasteiger partial charge in [0.25, 0.3) is 0 Å². The number of para-hydroxylation sites is 1. The predicted molar refractivity (Wildman–Crippen MR) is 60.1 cm³/mol. The lowest BCUT2D eigenvalue weighted by Crippen LogP contribution is -2.20. The van der Waals surface area contributed by atoms with Crippen LogP contribution in [0.2, 0.25) is 0 Å². The number of benzene rings is 1. The topological polar surface area (TPSA) is 43.3 Å². The van der Waals surface area contributed by atoms with Gasteiger partial charge >= 0.3 is 6.09 Å². The number of hydrogen-bond donors (Lipinski definition) is 1. The van der Waals surface area contributed by atoms with Gasteiger partial charge in [-0.25, -0.2) is 4.79 Å². The van der Waals surface area contributed by atoms with Crippen molar-refractivity contribution in [3.05, 3.63) is 36.0 Å². The van der Waals surface area contributed by atoms with E-state index in [1.807, 2.05) is 19.2 Å². The van der Waals surface area contributed by atoms with Gasteiger partial charge in [-0.1, -0.05) is 18.2 Å². The zero-order valence-corrected chi connectivity index (χ0v) is 8.93. The summed E-state index contributed by atoms with van der Waals surface area (Å²) in [5, 5.41) is 3.97. The maximum Gasteiger partial charge on any atom is 0.407 e. The van der Waals surface area contributed by atoms with Crippen molar-refractivity contribution in [2.24, 2.45) is 7.05 Å². The third-order valence-electron chi connectivity index (χ3n) is 3.02. The Morgan fingerprint density at radius 1 is 1.44 bits per heavy atom. The lowest BCUT2D eigenvalue weighted by molar-refractivity contribution is 0.176. The number of nitrogens with one attached hydrogen (secondary N) is 1. The summed E-state index contributed by atoms with van der Waals surface area (Å²) in [6.07, 6.45) is -0.338. The van der Waals surface area contributed by atoms with Crippen LogP contribution in [0.1, 0.15) is 11.7 Å². The molecule has 4 nitrogen and oxygen atoms in total. The Hall–Kier alpha value is -1.97. The summed E-state index contributed by atoms with van der Waals surface area (Å²) >= 11 is 0. The molecule has 0 saturated carbocycles. The van der Waals surface area contributed by atoms with Gasteiger partial charge in [0.05, 0.1) is 0 Å². The highest BCUT2D eigenvalue weighted by Gasteiger charge is 2.26.